The molecule has 2 aromatic carbocycles. The minimum absolute atomic E-state index is 0.212. The average Bonchev–Trinajstić information content (AvgIpc) is 2.93. The molecule has 0 aliphatic carbocycles. The zero-order valence-electron chi connectivity index (χ0n) is 10.8. The number of nitrogens with zero attached hydrogens (tertiary/aromatic N) is 1. The van der Waals surface area contributed by atoms with Gasteiger partial charge in [0.2, 0.25) is 0 Å². The van der Waals surface area contributed by atoms with Crippen molar-refractivity contribution in [1.82, 2.24) is 0 Å². The third kappa shape index (κ3) is 3.66. The molecule has 3 rings (SSSR count). The molecule has 6 heteroatoms. The van der Waals surface area contributed by atoms with Gasteiger partial charge in [-0.15, -0.1) is 0 Å². The number of carboxylic acids is 1. The molecule has 106 valence electrons. The van der Waals surface area contributed by atoms with Crippen molar-refractivity contribution in [3.05, 3.63) is 76.3 Å². The van der Waals surface area contributed by atoms with Crippen LogP contribution in [0.4, 0.5) is 5.88 Å². The molecule has 0 spiro atoms. The first-order chi connectivity index (χ1) is 10.1. The van der Waals surface area contributed by atoms with E-state index in [2.05, 4.69) is 0 Å². The van der Waals surface area contributed by atoms with Crippen LogP contribution in [0, 0.1) is 10.1 Å². The summed E-state index contributed by atoms with van der Waals surface area (Å²) in [5, 5.41) is 19.4. The normalized spacial score (nSPS) is 9.71. The van der Waals surface area contributed by atoms with Crippen molar-refractivity contribution in [3.63, 3.8) is 0 Å². The summed E-state index contributed by atoms with van der Waals surface area (Å²) in [6.45, 7) is 0. The molecular weight excluding hydrogens is 274 g/mol. The number of benzene rings is 2. The number of para-hydroxylation sites is 1. The van der Waals surface area contributed by atoms with Crippen LogP contribution in [0.2, 0.25) is 0 Å². The number of fused-ring (bicyclic) bond motifs is 1. The summed E-state index contributed by atoms with van der Waals surface area (Å²) < 4.78 is 4.93. The fourth-order valence-electron chi connectivity index (χ4n) is 1.64. The highest BCUT2D eigenvalue weighted by Gasteiger charge is 2.11. The Morgan fingerprint density at radius 1 is 1.05 bits per heavy atom. The maximum Gasteiger partial charge on any atom is 0.434 e. The minimum Gasteiger partial charge on any atom is -0.478 e. The molecule has 1 N–H and O–H groups in total. The second-order valence-electron chi connectivity index (χ2n) is 4.05. The summed E-state index contributed by atoms with van der Waals surface area (Å²) in [4.78, 5) is 19.9. The van der Waals surface area contributed by atoms with E-state index in [1.54, 1.807) is 48.5 Å². The summed E-state index contributed by atoms with van der Waals surface area (Å²) in [5.74, 6) is -1.09. The van der Waals surface area contributed by atoms with E-state index < -0.39 is 10.9 Å². The molecule has 0 bridgehead atoms. The Morgan fingerprint density at radius 3 is 2.19 bits per heavy atom. The van der Waals surface area contributed by atoms with Gasteiger partial charge >= 0.3 is 11.9 Å². The Balaban J connectivity index is 0.000000161. The molecule has 0 aliphatic rings. The Morgan fingerprint density at radius 2 is 1.67 bits per heavy atom. The van der Waals surface area contributed by atoms with Crippen molar-refractivity contribution in [2.75, 3.05) is 0 Å². The van der Waals surface area contributed by atoms with Crippen LogP contribution in [0.25, 0.3) is 11.0 Å². The molecule has 0 saturated carbocycles. The summed E-state index contributed by atoms with van der Waals surface area (Å²) in [5.41, 5.74) is 0.877. The number of nitro groups is 1. The highest BCUT2D eigenvalue weighted by Crippen LogP contribution is 2.23. The maximum absolute atomic E-state index is 10.3. The molecular formula is C15H11NO5. The van der Waals surface area contributed by atoms with Crippen molar-refractivity contribution in [2.45, 2.75) is 0 Å². The van der Waals surface area contributed by atoms with E-state index in [-0.39, 0.29) is 5.88 Å². The van der Waals surface area contributed by atoms with Crippen LogP contribution in [0.3, 0.4) is 0 Å². The molecule has 1 heterocycles. The van der Waals surface area contributed by atoms with E-state index in [0.717, 1.165) is 5.39 Å². The second-order valence-corrected chi connectivity index (χ2v) is 4.05. The number of carboxylic acid groups (broad SMARTS) is 1. The molecule has 0 radical (unpaired) electrons. The van der Waals surface area contributed by atoms with Gasteiger partial charge in [-0.25, -0.2) is 4.79 Å². The van der Waals surface area contributed by atoms with Crippen LogP contribution < -0.4 is 0 Å². The van der Waals surface area contributed by atoms with Crippen molar-refractivity contribution in [3.8, 4) is 0 Å². The van der Waals surface area contributed by atoms with E-state index >= 15 is 0 Å². The van der Waals surface area contributed by atoms with Crippen LogP contribution in [0.5, 0.6) is 0 Å². The maximum atomic E-state index is 10.3. The van der Waals surface area contributed by atoms with Crippen molar-refractivity contribution >= 4 is 22.8 Å². The Hall–Kier alpha value is -3.15. The number of rotatable bonds is 2. The van der Waals surface area contributed by atoms with Crippen LogP contribution in [-0.4, -0.2) is 16.0 Å². The summed E-state index contributed by atoms with van der Waals surface area (Å²) >= 11 is 0. The van der Waals surface area contributed by atoms with E-state index in [1.807, 2.05) is 6.07 Å². The lowest BCUT2D eigenvalue weighted by atomic mass is 10.2. The fourth-order valence-corrected chi connectivity index (χ4v) is 1.64. The fraction of sp³-hybridized carbons (Fsp3) is 0. The third-order valence-electron chi connectivity index (χ3n) is 2.61. The first-order valence-corrected chi connectivity index (χ1v) is 5.99. The quantitative estimate of drug-likeness (QED) is 0.572. The third-order valence-corrected chi connectivity index (χ3v) is 2.61. The van der Waals surface area contributed by atoms with E-state index in [9.17, 15) is 14.9 Å². The first-order valence-electron chi connectivity index (χ1n) is 5.99. The van der Waals surface area contributed by atoms with Crippen molar-refractivity contribution in [2.24, 2.45) is 0 Å². The average molecular weight is 285 g/mol. The van der Waals surface area contributed by atoms with Gasteiger partial charge in [-0.05, 0) is 18.2 Å². The molecule has 3 aromatic rings. The smallest absolute Gasteiger partial charge is 0.434 e. The Kier molecular flexibility index (Phi) is 4.30. The van der Waals surface area contributed by atoms with Gasteiger partial charge in [0, 0.05) is 5.39 Å². The topological polar surface area (TPSA) is 93.6 Å². The van der Waals surface area contributed by atoms with E-state index in [4.69, 9.17) is 9.52 Å². The number of furan rings is 1. The van der Waals surface area contributed by atoms with Gasteiger partial charge in [0.15, 0.2) is 0 Å². The molecule has 6 nitrogen and oxygen atoms in total. The number of carbonyl (C=O) groups is 1. The Bertz CT molecular complexity index is 731. The highest BCUT2D eigenvalue weighted by atomic mass is 16.6. The van der Waals surface area contributed by atoms with E-state index in [1.165, 1.54) is 6.07 Å². The highest BCUT2D eigenvalue weighted by molar-refractivity contribution is 5.87. The molecule has 1 aromatic heterocycles. The van der Waals surface area contributed by atoms with Gasteiger partial charge in [-0.3, -0.25) is 10.1 Å². The SMILES string of the molecule is O=C(O)c1ccccc1.O=[N+]([O-])c1cc2ccccc2o1. The molecule has 0 aliphatic heterocycles. The first kappa shape index (κ1) is 14.3. The standard InChI is InChI=1S/C8H5NO3.C7H6O2/c10-9(11)8-5-6-3-1-2-4-7(6)12-8;8-7(9)6-4-2-1-3-5-6/h1-5H;1-5H,(H,8,9). The molecule has 0 amide bonds. The molecule has 0 atom stereocenters. The molecule has 0 saturated heterocycles. The number of hydrogen-bond acceptors (Lipinski definition) is 4. The largest absolute Gasteiger partial charge is 0.478 e. The van der Waals surface area contributed by atoms with Crippen LogP contribution in [-0.2, 0) is 0 Å². The monoisotopic (exact) mass is 285 g/mol. The lowest BCUT2D eigenvalue weighted by molar-refractivity contribution is -0.401. The number of hydrogen-bond donors (Lipinski definition) is 1. The zero-order valence-corrected chi connectivity index (χ0v) is 10.8. The number of aromatic carboxylic acids is 1. The zero-order chi connectivity index (χ0) is 15.2. The predicted octanol–water partition coefficient (Wildman–Crippen LogP) is 3.73. The lowest BCUT2D eigenvalue weighted by Crippen LogP contribution is -1.93. The summed E-state index contributed by atoms with van der Waals surface area (Å²) in [6, 6.07) is 16.8. The molecule has 21 heavy (non-hydrogen) atoms. The van der Waals surface area contributed by atoms with Crippen LogP contribution in [0.15, 0.2) is 65.1 Å². The van der Waals surface area contributed by atoms with Crippen molar-refractivity contribution in [1.29, 1.82) is 0 Å². The van der Waals surface area contributed by atoms with Gasteiger partial charge in [0.25, 0.3) is 0 Å². The minimum atomic E-state index is -0.879. The van der Waals surface area contributed by atoms with Gasteiger partial charge in [-0.1, -0.05) is 36.4 Å². The second kappa shape index (κ2) is 6.33. The summed E-state index contributed by atoms with van der Waals surface area (Å²) in [6.07, 6.45) is 0. The van der Waals surface area contributed by atoms with Gasteiger partial charge in [0.1, 0.15) is 10.5 Å². The molecule has 0 unspecified atom stereocenters. The van der Waals surface area contributed by atoms with Crippen molar-refractivity contribution < 1.29 is 19.2 Å². The van der Waals surface area contributed by atoms with Crippen LogP contribution in [0.1, 0.15) is 10.4 Å². The van der Waals surface area contributed by atoms with Gasteiger partial charge in [0.05, 0.1) is 11.6 Å². The molecule has 0 fully saturated rings. The van der Waals surface area contributed by atoms with Gasteiger partial charge in [-0.2, -0.15) is 0 Å². The summed E-state index contributed by atoms with van der Waals surface area (Å²) in [7, 11) is 0. The van der Waals surface area contributed by atoms with Gasteiger partial charge < -0.3 is 9.52 Å². The van der Waals surface area contributed by atoms with Crippen LogP contribution >= 0.6 is 0 Å². The van der Waals surface area contributed by atoms with E-state index in [0.29, 0.717) is 11.1 Å². The Labute approximate surface area is 119 Å². The lowest BCUT2D eigenvalue weighted by Gasteiger charge is -1.88. The predicted molar refractivity (Wildman–Crippen MR) is 76.3 cm³/mol.